The largest absolute Gasteiger partial charge is 0.322 e. The summed E-state index contributed by atoms with van der Waals surface area (Å²) in [6.45, 7) is 4.17. The molecule has 5 heteroatoms. The molecule has 1 aromatic rings. The minimum absolute atomic E-state index is 0.0595. The molecule has 1 aliphatic rings. The molecule has 0 spiro atoms. The summed E-state index contributed by atoms with van der Waals surface area (Å²) in [4.78, 5) is 12.2. The van der Waals surface area contributed by atoms with E-state index in [0.717, 1.165) is 37.1 Å². The zero-order valence-corrected chi connectivity index (χ0v) is 11.4. The monoisotopic (exact) mass is 250 g/mol. The van der Waals surface area contributed by atoms with E-state index in [0.29, 0.717) is 6.04 Å². The van der Waals surface area contributed by atoms with Crippen LogP contribution in [0.25, 0.3) is 0 Å². The van der Waals surface area contributed by atoms with Crippen molar-refractivity contribution in [2.24, 2.45) is 7.05 Å². The normalized spacial score (nSPS) is 23.9. The maximum Gasteiger partial charge on any atom is 0.241 e. The number of piperidine rings is 1. The summed E-state index contributed by atoms with van der Waals surface area (Å²) in [7, 11) is 1.87. The number of nitrogens with one attached hydrogen (secondary N) is 2. The van der Waals surface area contributed by atoms with Gasteiger partial charge in [0.2, 0.25) is 5.91 Å². The number of hydrogen-bond donors (Lipinski definition) is 2. The van der Waals surface area contributed by atoms with Crippen LogP contribution in [0, 0.1) is 0 Å². The molecule has 1 saturated heterocycles. The Hall–Kier alpha value is -1.36. The van der Waals surface area contributed by atoms with Crippen LogP contribution in [-0.2, 0) is 18.3 Å². The Kier molecular flexibility index (Phi) is 4.01. The molecule has 0 aromatic carbocycles. The van der Waals surface area contributed by atoms with Gasteiger partial charge in [-0.15, -0.1) is 0 Å². The van der Waals surface area contributed by atoms with Crippen LogP contribution in [0.3, 0.4) is 0 Å². The average molecular weight is 250 g/mol. The van der Waals surface area contributed by atoms with Gasteiger partial charge in [0, 0.05) is 19.3 Å². The van der Waals surface area contributed by atoms with Crippen molar-refractivity contribution in [2.45, 2.75) is 51.6 Å². The Morgan fingerprint density at radius 2 is 2.39 bits per heavy atom. The van der Waals surface area contributed by atoms with Gasteiger partial charge in [0.25, 0.3) is 0 Å². The van der Waals surface area contributed by atoms with Gasteiger partial charge in [0.15, 0.2) is 0 Å². The number of aryl methyl sites for hydroxylation is 2. The van der Waals surface area contributed by atoms with E-state index < -0.39 is 0 Å². The van der Waals surface area contributed by atoms with E-state index in [1.807, 2.05) is 20.2 Å². The van der Waals surface area contributed by atoms with E-state index in [1.165, 1.54) is 0 Å². The number of aromatic nitrogens is 2. The maximum atomic E-state index is 12.2. The fourth-order valence-electron chi connectivity index (χ4n) is 2.46. The first-order chi connectivity index (χ1) is 8.60. The van der Waals surface area contributed by atoms with Gasteiger partial charge in [-0.3, -0.25) is 9.48 Å². The number of nitrogens with zero attached hydrogens (tertiary/aromatic N) is 2. The maximum absolute atomic E-state index is 12.2. The molecule has 2 unspecified atom stereocenters. The first-order valence-electron chi connectivity index (χ1n) is 6.69. The molecular weight excluding hydrogens is 228 g/mol. The molecule has 0 radical (unpaired) electrons. The molecule has 2 heterocycles. The van der Waals surface area contributed by atoms with Crippen molar-refractivity contribution in [3.8, 4) is 0 Å². The summed E-state index contributed by atoms with van der Waals surface area (Å²) < 4.78 is 1.74. The molecule has 2 N–H and O–H groups in total. The van der Waals surface area contributed by atoms with Crippen molar-refractivity contribution in [1.29, 1.82) is 0 Å². The smallest absolute Gasteiger partial charge is 0.241 e. The highest BCUT2D eigenvalue weighted by Gasteiger charge is 2.24. The van der Waals surface area contributed by atoms with Crippen molar-refractivity contribution in [3.05, 3.63) is 11.9 Å². The SMILES string of the molecule is CCc1nn(C)cc1NC(=O)C1CCCC(C)N1. The third kappa shape index (κ3) is 2.90. The van der Waals surface area contributed by atoms with Crippen LogP contribution in [0.1, 0.15) is 38.8 Å². The van der Waals surface area contributed by atoms with Crippen LogP contribution in [-0.4, -0.2) is 27.8 Å². The molecule has 5 nitrogen and oxygen atoms in total. The summed E-state index contributed by atoms with van der Waals surface area (Å²) in [6, 6.07) is 0.354. The first-order valence-corrected chi connectivity index (χ1v) is 6.69. The Balaban J connectivity index is 2.01. The molecule has 18 heavy (non-hydrogen) atoms. The molecule has 1 aliphatic heterocycles. The van der Waals surface area contributed by atoms with Gasteiger partial charge >= 0.3 is 0 Å². The van der Waals surface area contributed by atoms with Gasteiger partial charge in [-0.05, 0) is 32.6 Å². The van der Waals surface area contributed by atoms with Gasteiger partial charge in [0.1, 0.15) is 0 Å². The molecule has 1 aromatic heterocycles. The van der Waals surface area contributed by atoms with Crippen molar-refractivity contribution < 1.29 is 4.79 Å². The third-order valence-electron chi connectivity index (χ3n) is 3.43. The van der Waals surface area contributed by atoms with E-state index in [4.69, 9.17) is 0 Å². The highest BCUT2D eigenvalue weighted by molar-refractivity contribution is 5.95. The highest BCUT2D eigenvalue weighted by Crippen LogP contribution is 2.17. The second-order valence-electron chi connectivity index (χ2n) is 5.06. The second kappa shape index (κ2) is 5.52. The highest BCUT2D eigenvalue weighted by atomic mass is 16.2. The average Bonchev–Trinajstić information content (AvgIpc) is 2.69. The van der Waals surface area contributed by atoms with E-state index >= 15 is 0 Å². The summed E-state index contributed by atoms with van der Waals surface area (Å²) in [5, 5.41) is 10.7. The van der Waals surface area contributed by atoms with E-state index in [-0.39, 0.29) is 11.9 Å². The third-order valence-corrected chi connectivity index (χ3v) is 3.43. The molecule has 0 bridgehead atoms. The van der Waals surface area contributed by atoms with E-state index in [9.17, 15) is 4.79 Å². The fraction of sp³-hybridized carbons (Fsp3) is 0.692. The first kappa shape index (κ1) is 13.1. The minimum Gasteiger partial charge on any atom is -0.322 e. The van der Waals surface area contributed by atoms with Crippen molar-refractivity contribution in [2.75, 3.05) is 5.32 Å². The van der Waals surface area contributed by atoms with Crippen LogP contribution in [0.15, 0.2) is 6.20 Å². The summed E-state index contributed by atoms with van der Waals surface area (Å²) in [6.07, 6.45) is 5.86. The zero-order chi connectivity index (χ0) is 13.1. The van der Waals surface area contributed by atoms with E-state index in [2.05, 4.69) is 22.7 Å². The number of anilines is 1. The molecule has 0 aliphatic carbocycles. The zero-order valence-electron chi connectivity index (χ0n) is 11.4. The lowest BCUT2D eigenvalue weighted by atomic mass is 9.99. The summed E-state index contributed by atoms with van der Waals surface area (Å²) in [5.41, 5.74) is 1.78. The van der Waals surface area contributed by atoms with Crippen LogP contribution < -0.4 is 10.6 Å². The quantitative estimate of drug-likeness (QED) is 0.853. The number of hydrogen-bond acceptors (Lipinski definition) is 3. The fourth-order valence-corrected chi connectivity index (χ4v) is 2.46. The number of amides is 1. The molecular formula is C13H22N4O. The molecule has 1 fully saturated rings. The van der Waals surface area contributed by atoms with Crippen molar-refractivity contribution in [3.63, 3.8) is 0 Å². The Morgan fingerprint density at radius 1 is 1.61 bits per heavy atom. The summed E-state index contributed by atoms with van der Waals surface area (Å²) in [5.74, 6) is 0.0595. The predicted octanol–water partition coefficient (Wildman–Crippen LogP) is 1.45. The number of rotatable bonds is 3. The number of carbonyl (C=O) groups is 1. The lowest BCUT2D eigenvalue weighted by Gasteiger charge is -2.27. The Bertz CT molecular complexity index is 427. The lowest BCUT2D eigenvalue weighted by Crippen LogP contribution is -2.47. The molecule has 0 saturated carbocycles. The van der Waals surface area contributed by atoms with Gasteiger partial charge in [-0.1, -0.05) is 6.92 Å². The Labute approximate surface area is 108 Å². The van der Waals surface area contributed by atoms with Crippen molar-refractivity contribution >= 4 is 11.6 Å². The van der Waals surface area contributed by atoms with Gasteiger partial charge in [-0.25, -0.2) is 0 Å². The molecule has 1 amide bonds. The van der Waals surface area contributed by atoms with E-state index in [1.54, 1.807) is 4.68 Å². The topological polar surface area (TPSA) is 59.0 Å². The predicted molar refractivity (Wildman–Crippen MR) is 71.5 cm³/mol. The van der Waals surface area contributed by atoms with Gasteiger partial charge < -0.3 is 10.6 Å². The lowest BCUT2D eigenvalue weighted by molar-refractivity contribution is -0.118. The van der Waals surface area contributed by atoms with Crippen LogP contribution in [0.5, 0.6) is 0 Å². The van der Waals surface area contributed by atoms with Crippen LogP contribution in [0.2, 0.25) is 0 Å². The van der Waals surface area contributed by atoms with Gasteiger partial charge in [-0.2, -0.15) is 5.10 Å². The van der Waals surface area contributed by atoms with Crippen molar-refractivity contribution in [1.82, 2.24) is 15.1 Å². The van der Waals surface area contributed by atoms with Crippen LogP contribution >= 0.6 is 0 Å². The van der Waals surface area contributed by atoms with Gasteiger partial charge in [0.05, 0.1) is 17.4 Å². The molecule has 2 rings (SSSR count). The minimum atomic E-state index is -0.0707. The Morgan fingerprint density at radius 3 is 3.06 bits per heavy atom. The molecule has 2 atom stereocenters. The summed E-state index contributed by atoms with van der Waals surface area (Å²) >= 11 is 0. The number of carbonyl (C=O) groups excluding carboxylic acids is 1. The van der Waals surface area contributed by atoms with Crippen LogP contribution in [0.4, 0.5) is 5.69 Å². The second-order valence-corrected chi connectivity index (χ2v) is 5.06. The molecule has 100 valence electrons. The standard InChI is InChI=1S/C13H22N4O/c1-4-10-12(8-17(3)16-10)15-13(18)11-7-5-6-9(2)14-11/h8-9,11,14H,4-7H2,1-3H3,(H,15,18).